The number of hydrogen-bond acceptors (Lipinski definition) is 4. The second kappa shape index (κ2) is 6.74. The number of amides is 1. The highest BCUT2D eigenvalue weighted by atomic mass is 79.9. The van der Waals surface area contributed by atoms with Crippen molar-refractivity contribution >= 4 is 50.6 Å². The van der Waals surface area contributed by atoms with Gasteiger partial charge < -0.3 is 5.32 Å². The van der Waals surface area contributed by atoms with Gasteiger partial charge in [-0.3, -0.25) is 4.79 Å². The highest BCUT2D eigenvalue weighted by Gasteiger charge is 2.17. The number of rotatable bonds is 4. The van der Waals surface area contributed by atoms with Crippen molar-refractivity contribution in [1.82, 2.24) is 4.98 Å². The van der Waals surface area contributed by atoms with Gasteiger partial charge in [0.2, 0.25) is 5.91 Å². The van der Waals surface area contributed by atoms with Crippen LogP contribution in [0.4, 0.5) is 5.69 Å². The quantitative estimate of drug-likeness (QED) is 0.796. The molecule has 0 aliphatic rings. The molecule has 3 nitrogen and oxygen atoms in total. The van der Waals surface area contributed by atoms with Crippen LogP contribution in [0.2, 0.25) is 0 Å². The third-order valence-electron chi connectivity index (χ3n) is 2.63. The number of nitrogens with zero attached hydrogens (tertiary/aromatic N) is 1. The molecule has 0 radical (unpaired) electrons. The Morgan fingerprint density at radius 1 is 1.45 bits per heavy atom. The Hall–Kier alpha value is -0.850. The van der Waals surface area contributed by atoms with Gasteiger partial charge in [0.15, 0.2) is 4.34 Å². The van der Waals surface area contributed by atoms with E-state index < -0.39 is 0 Å². The number of aryl methyl sites for hydroxylation is 2. The number of aromatic nitrogens is 1. The van der Waals surface area contributed by atoms with Gasteiger partial charge in [-0.2, -0.15) is 0 Å². The predicted molar refractivity (Wildman–Crippen MR) is 89.7 cm³/mol. The molecular weight excluding hydrogens is 356 g/mol. The van der Waals surface area contributed by atoms with Crippen LogP contribution in [-0.2, 0) is 4.79 Å². The van der Waals surface area contributed by atoms with Gasteiger partial charge in [-0.1, -0.05) is 17.8 Å². The molecule has 2 aromatic rings. The second-order valence-corrected chi connectivity index (χ2v) is 7.79. The van der Waals surface area contributed by atoms with E-state index in [2.05, 4.69) is 26.2 Å². The first kappa shape index (κ1) is 15.5. The van der Waals surface area contributed by atoms with E-state index in [4.69, 9.17) is 0 Å². The number of benzene rings is 1. The van der Waals surface area contributed by atoms with Crippen LogP contribution in [0.25, 0.3) is 0 Å². The number of carbonyl (C=O) groups excluding carboxylic acids is 1. The van der Waals surface area contributed by atoms with Crippen molar-refractivity contribution in [2.75, 3.05) is 5.32 Å². The summed E-state index contributed by atoms with van der Waals surface area (Å²) >= 11 is 6.51. The molecule has 1 unspecified atom stereocenters. The molecular formula is C14H15BrN2OS2. The molecule has 0 bridgehead atoms. The predicted octanol–water partition coefficient (Wildman–Crippen LogP) is 4.64. The van der Waals surface area contributed by atoms with Gasteiger partial charge in [0.25, 0.3) is 0 Å². The minimum absolute atomic E-state index is 0.0209. The number of anilines is 1. The Morgan fingerprint density at radius 2 is 2.20 bits per heavy atom. The van der Waals surface area contributed by atoms with Gasteiger partial charge in [0, 0.05) is 15.5 Å². The molecule has 106 valence electrons. The number of halogens is 1. The van der Waals surface area contributed by atoms with E-state index in [1.54, 1.807) is 11.3 Å². The van der Waals surface area contributed by atoms with Crippen molar-refractivity contribution < 1.29 is 4.79 Å². The zero-order chi connectivity index (χ0) is 14.7. The number of nitrogens with one attached hydrogen (secondary N) is 1. The smallest absolute Gasteiger partial charge is 0.237 e. The Labute approximate surface area is 135 Å². The summed E-state index contributed by atoms with van der Waals surface area (Å²) in [6.45, 7) is 5.85. The fraction of sp³-hybridized carbons (Fsp3) is 0.286. The van der Waals surface area contributed by atoms with Crippen LogP contribution in [0.3, 0.4) is 0 Å². The summed E-state index contributed by atoms with van der Waals surface area (Å²) in [4.78, 5) is 16.5. The number of hydrogen-bond donors (Lipinski definition) is 1. The largest absolute Gasteiger partial charge is 0.324 e. The van der Waals surface area contributed by atoms with Gasteiger partial charge in [0.05, 0.1) is 10.9 Å². The van der Waals surface area contributed by atoms with Crippen molar-refractivity contribution in [3.63, 3.8) is 0 Å². The van der Waals surface area contributed by atoms with E-state index in [1.165, 1.54) is 11.8 Å². The lowest BCUT2D eigenvalue weighted by molar-refractivity contribution is -0.115. The zero-order valence-electron chi connectivity index (χ0n) is 11.4. The fourth-order valence-electron chi connectivity index (χ4n) is 1.55. The molecule has 0 saturated carbocycles. The third kappa shape index (κ3) is 4.07. The number of thioether (sulfide) groups is 1. The summed E-state index contributed by atoms with van der Waals surface area (Å²) in [5.41, 5.74) is 2.94. The van der Waals surface area contributed by atoms with Crippen LogP contribution in [0.15, 0.2) is 32.4 Å². The lowest BCUT2D eigenvalue weighted by atomic mass is 10.2. The molecule has 0 aliphatic heterocycles. The Balaban J connectivity index is 2.00. The molecule has 1 atom stereocenters. The van der Waals surface area contributed by atoms with E-state index in [1.807, 2.05) is 44.4 Å². The van der Waals surface area contributed by atoms with E-state index in [0.717, 1.165) is 25.8 Å². The molecule has 2 rings (SSSR count). The lowest BCUT2D eigenvalue weighted by Crippen LogP contribution is -2.22. The van der Waals surface area contributed by atoms with Gasteiger partial charge >= 0.3 is 0 Å². The molecule has 1 heterocycles. The molecule has 0 spiro atoms. The third-order valence-corrected chi connectivity index (χ3v) is 5.47. The van der Waals surface area contributed by atoms with Gasteiger partial charge in [-0.05, 0) is 54.4 Å². The zero-order valence-corrected chi connectivity index (χ0v) is 14.7. The van der Waals surface area contributed by atoms with Crippen LogP contribution in [0.5, 0.6) is 0 Å². The maximum absolute atomic E-state index is 12.2. The summed E-state index contributed by atoms with van der Waals surface area (Å²) in [7, 11) is 0. The number of thiazole rings is 1. The molecule has 0 fully saturated rings. The van der Waals surface area contributed by atoms with E-state index in [-0.39, 0.29) is 11.2 Å². The van der Waals surface area contributed by atoms with Crippen LogP contribution in [-0.4, -0.2) is 16.1 Å². The van der Waals surface area contributed by atoms with Gasteiger partial charge in [-0.25, -0.2) is 4.98 Å². The highest BCUT2D eigenvalue weighted by molar-refractivity contribution is 9.10. The SMILES string of the molecule is Cc1ccc(NC(=O)C(C)Sc2nc(C)cs2)c(Br)c1. The topological polar surface area (TPSA) is 42.0 Å². The first-order valence-corrected chi connectivity index (χ1v) is 8.67. The molecule has 1 amide bonds. The minimum atomic E-state index is -0.186. The maximum Gasteiger partial charge on any atom is 0.237 e. The van der Waals surface area contributed by atoms with E-state index in [0.29, 0.717) is 0 Å². The second-order valence-electron chi connectivity index (χ2n) is 4.49. The minimum Gasteiger partial charge on any atom is -0.324 e. The molecule has 0 aliphatic carbocycles. The summed E-state index contributed by atoms with van der Waals surface area (Å²) in [5.74, 6) is -0.0209. The van der Waals surface area contributed by atoms with Crippen molar-refractivity contribution in [2.45, 2.75) is 30.4 Å². The summed E-state index contributed by atoms with van der Waals surface area (Å²) in [6, 6.07) is 5.86. The van der Waals surface area contributed by atoms with Crippen LogP contribution >= 0.6 is 39.0 Å². The van der Waals surface area contributed by atoms with Crippen molar-refractivity contribution in [3.8, 4) is 0 Å². The lowest BCUT2D eigenvalue weighted by Gasteiger charge is -2.12. The molecule has 1 aromatic heterocycles. The fourth-order valence-corrected chi connectivity index (χ4v) is 4.12. The molecule has 6 heteroatoms. The van der Waals surface area contributed by atoms with E-state index in [9.17, 15) is 4.79 Å². The van der Waals surface area contributed by atoms with E-state index >= 15 is 0 Å². The van der Waals surface area contributed by atoms with Crippen LogP contribution in [0, 0.1) is 13.8 Å². The maximum atomic E-state index is 12.2. The average Bonchev–Trinajstić information content (AvgIpc) is 2.78. The summed E-state index contributed by atoms with van der Waals surface area (Å²) in [6.07, 6.45) is 0. The average molecular weight is 371 g/mol. The molecule has 1 N–H and O–H groups in total. The number of carbonyl (C=O) groups is 1. The Bertz CT molecular complexity index is 627. The van der Waals surface area contributed by atoms with Crippen molar-refractivity contribution in [1.29, 1.82) is 0 Å². The summed E-state index contributed by atoms with van der Waals surface area (Å²) < 4.78 is 1.82. The molecule has 0 saturated heterocycles. The van der Waals surface area contributed by atoms with Crippen LogP contribution < -0.4 is 5.32 Å². The molecule has 20 heavy (non-hydrogen) atoms. The first-order chi connectivity index (χ1) is 9.45. The first-order valence-electron chi connectivity index (χ1n) is 6.11. The van der Waals surface area contributed by atoms with Crippen molar-refractivity contribution in [2.24, 2.45) is 0 Å². The monoisotopic (exact) mass is 370 g/mol. The normalized spacial score (nSPS) is 12.2. The summed E-state index contributed by atoms with van der Waals surface area (Å²) in [5, 5.41) is 4.74. The van der Waals surface area contributed by atoms with Gasteiger partial charge in [0.1, 0.15) is 0 Å². The van der Waals surface area contributed by atoms with Crippen molar-refractivity contribution in [3.05, 3.63) is 39.3 Å². The highest BCUT2D eigenvalue weighted by Crippen LogP contribution is 2.28. The van der Waals surface area contributed by atoms with Crippen LogP contribution in [0.1, 0.15) is 18.2 Å². The Kier molecular flexibility index (Phi) is 5.23. The standard InChI is InChI=1S/C14H15BrN2OS2/c1-8-4-5-12(11(15)6-8)17-13(18)10(3)20-14-16-9(2)7-19-14/h4-7,10H,1-3H3,(H,17,18). The van der Waals surface area contributed by atoms with Gasteiger partial charge in [-0.15, -0.1) is 11.3 Å². The molecule has 1 aromatic carbocycles. The Morgan fingerprint density at radius 3 is 2.80 bits per heavy atom.